The molecular weight excluding hydrogens is 415 g/mol. The number of rotatable bonds is 2. The van der Waals surface area contributed by atoms with Gasteiger partial charge < -0.3 is 4.74 Å². The van der Waals surface area contributed by atoms with Gasteiger partial charge in [-0.25, -0.2) is 9.67 Å². The summed E-state index contributed by atoms with van der Waals surface area (Å²) >= 11 is 2.24. The molecule has 3 aromatic heterocycles. The Balaban J connectivity index is 1.74. The Morgan fingerprint density at radius 1 is 1.29 bits per heavy atom. The summed E-state index contributed by atoms with van der Waals surface area (Å²) in [6.45, 7) is 0.797. The van der Waals surface area contributed by atoms with E-state index in [2.05, 4.69) is 38.6 Å². The zero-order chi connectivity index (χ0) is 16.5. The van der Waals surface area contributed by atoms with Crippen LogP contribution in [0, 0.1) is 16.0 Å². The van der Waals surface area contributed by atoms with Crippen LogP contribution in [0.25, 0.3) is 22.3 Å². The smallest absolute Gasteiger partial charge is 0.150 e. The van der Waals surface area contributed by atoms with Gasteiger partial charge in [0.2, 0.25) is 0 Å². The van der Waals surface area contributed by atoms with Crippen molar-refractivity contribution in [2.45, 2.75) is 25.5 Å². The number of halogens is 1. The zero-order valence-corrected chi connectivity index (χ0v) is 15.1. The summed E-state index contributed by atoms with van der Waals surface area (Å²) in [5.41, 5.74) is 4.21. The average molecular weight is 430 g/mol. The molecule has 24 heavy (non-hydrogen) atoms. The van der Waals surface area contributed by atoms with E-state index in [1.165, 1.54) is 6.42 Å². The number of pyridine rings is 2. The van der Waals surface area contributed by atoms with Crippen molar-refractivity contribution in [2.75, 3.05) is 6.61 Å². The Morgan fingerprint density at radius 3 is 3.00 bits per heavy atom. The number of aromatic nitrogens is 4. The van der Waals surface area contributed by atoms with Crippen molar-refractivity contribution in [3.63, 3.8) is 0 Å². The molecule has 3 aromatic rings. The summed E-state index contributed by atoms with van der Waals surface area (Å²) in [6, 6.07) is 5.81. The fraction of sp³-hybridized carbons (Fsp3) is 0.278. The minimum Gasteiger partial charge on any atom is -0.357 e. The van der Waals surface area contributed by atoms with Crippen molar-refractivity contribution in [1.29, 1.82) is 0 Å². The Hall–Kier alpha value is -1.98. The van der Waals surface area contributed by atoms with Crippen LogP contribution in [0.2, 0.25) is 0 Å². The second kappa shape index (κ2) is 6.49. The number of hydrogen-bond donors (Lipinski definition) is 0. The second-order valence-corrected chi connectivity index (χ2v) is 6.76. The highest BCUT2D eigenvalue weighted by Crippen LogP contribution is 2.28. The number of ether oxygens (including phenoxy) is 1. The fourth-order valence-electron chi connectivity index (χ4n) is 2.86. The maximum atomic E-state index is 5.81. The molecule has 0 bridgehead atoms. The zero-order valence-electron chi connectivity index (χ0n) is 12.9. The van der Waals surface area contributed by atoms with E-state index in [9.17, 15) is 0 Å². The van der Waals surface area contributed by atoms with Crippen molar-refractivity contribution >= 4 is 33.6 Å². The molecule has 6 heteroatoms. The van der Waals surface area contributed by atoms with Gasteiger partial charge in [0.05, 0.1) is 22.3 Å². The van der Waals surface area contributed by atoms with Gasteiger partial charge in [0.25, 0.3) is 0 Å². The molecule has 0 aromatic carbocycles. The molecule has 1 aliphatic heterocycles. The van der Waals surface area contributed by atoms with Crippen LogP contribution in [-0.4, -0.2) is 26.4 Å². The van der Waals surface area contributed by atoms with Gasteiger partial charge in [-0.1, -0.05) is 5.92 Å². The van der Waals surface area contributed by atoms with Gasteiger partial charge in [-0.15, -0.1) is 6.42 Å². The normalized spacial score (nSPS) is 17.8. The van der Waals surface area contributed by atoms with E-state index in [1.54, 1.807) is 6.20 Å². The molecule has 0 aliphatic carbocycles. The number of fused-ring (bicyclic) bond motifs is 1. The third-order valence-electron chi connectivity index (χ3n) is 4.12. The first kappa shape index (κ1) is 15.5. The van der Waals surface area contributed by atoms with E-state index in [-0.39, 0.29) is 6.23 Å². The van der Waals surface area contributed by atoms with Gasteiger partial charge in [-0.3, -0.25) is 4.98 Å². The molecule has 1 fully saturated rings. The van der Waals surface area contributed by atoms with E-state index in [0.29, 0.717) is 0 Å². The molecule has 0 radical (unpaired) electrons. The van der Waals surface area contributed by atoms with Crippen LogP contribution in [-0.2, 0) is 4.74 Å². The van der Waals surface area contributed by atoms with Crippen LogP contribution in [0.4, 0.5) is 0 Å². The van der Waals surface area contributed by atoms with E-state index in [1.807, 2.05) is 29.1 Å². The molecular formula is C18H15IN4O. The first-order chi connectivity index (χ1) is 11.7. The molecule has 4 heterocycles. The van der Waals surface area contributed by atoms with Crippen LogP contribution in [0.1, 0.15) is 31.1 Å². The summed E-state index contributed by atoms with van der Waals surface area (Å²) in [5.74, 6) is 2.60. The maximum Gasteiger partial charge on any atom is 0.150 e. The second-order valence-electron chi connectivity index (χ2n) is 5.74. The van der Waals surface area contributed by atoms with Crippen molar-refractivity contribution in [2.24, 2.45) is 0 Å². The maximum absolute atomic E-state index is 5.81. The number of terminal acetylenes is 1. The lowest BCUT2D eigenvalue weighted by Gasteiger charge is -2.22. The highest BCUT2D eigenvalue weighted by molar-refractivity contribution is 14.1. The Bertz CT molecular complexity index is 938. The van der Waals surface area contributed by atoms with Gasteiger partial charge >= 0.3 is 0 Å². The van der Waals surface area contributed by atoms with E-state index in [0.717, 1.165) is 51.0 Å². The third kappa shape index (κ3) is 2.89. The van der Waals surface area contributed by atoms with E-state index >= 15 is 0 Å². The molecule has 0 N–H and O–H groups in total. The van der Waals surface area contributed by atoms with Crippen LogP contribution >= 0.6 is 22.6 Å². The molecule has 0 amide bonds. The van der Waals surface area contributed by atoms with Crippen LogP contribution in [0.15, 0.2) is 30.6 Å². The summed E-state index contributed by atoms with van der Waals surface area (Å²) in [6.07, 6.45) is 12.5. The molecule has 120 valence electrons. The predicted molar refractivity (Wildman–Crippen MR) is 100 cm³/mol. The van der Waals surface area contributed by atoms with Gasteiger partial charge in [0.15, 0.2) is 0 Å². The first-order valence-corrected chi connectivity index (χ1v) is 8.92. The molecule has 1 aliphatic rings. The monoisotopic (exact) mass is 430 g/mol. The highest BCUT2D eigenvalue weighted by atomic mass is 127. The van der Waals surface area contributed by atoms with Crippen molar-refractivity contribution < 1.29 is 4.74 Å². The van der Waals surface area contributed by atoms with Gasteiger partial charge in [-0.2, -0.15) is 5.10 Å². The van der Waals surface area contributed by atoms with Crippen LogP contribution in [0.5, 0.6) is 0 Å². The summed E-state index contributed by atoms with van der Waals surface area (Å²) < 4.78 is 8.64. The third-order valence-corrected chi connectivity index (χ3v) is 4.91. The van der Waals surface area contributed by atoms with Crippen molar-refractivity contribution in [3.05, 3.63) is 39.9 Å². The van der Waals surface area contributed by atoms with Crippen LogP contribution in [0.3, 0.4) is 0 Å². The van der Waals surface area contributed by atoms with Crippen molar-refractivity contribution in [1.82, 2.24) is 19.7 Å². The Labute approximate surface area is 153 Å². The largest absolute Gasteiger partial charge is 0.357 e. The number of hydrogen-bond acceptors (Lipinski definition) is 4. The quantitative estimate of drug-likeness (QED) is 0.459. The summed E-state index contributed by atoms with van der Waals surface area (Å²) in [5, 5.41) is 4.61. The molecule has 0 spiro atoms. The van der Waals surface area contributed by atoms with Gasteiger partial charge in [0, 0.05) is 24.6 Å². The molecule has 1 unspecified atom stereocenters. The lowest BCUT2D eigenvalue weighted by atomic mass is 10.2. The summed E-state index contributed by atoms with van der Waals surface area (Å²) in [7, 11) is 0. The molecule has 1 saturated heterocycles. The van der Waals surface area contributed by atoms with Gasteiger partial charge in [0.1, 0.15) is 9.93 Å². The van der Waals surface area contributed by atoms with Gasteiger partial charge in [-0.05, 0) is 60.1 Å². The minimum absolute atomic E-state index is 0.0242. The van der Waals surface area contributed by atoms with Crippen LogP contribution < -0.4 is 0 Å². The topological polar surface area (TPSA) is 52.8 Å². The average Bonchev–Trinajstić information content (AvgIpc) is 3.03. The lowest BCUT2D eigenvalue weighted by Crippen LogP contribution is -2.18. The SMILES string of the molecule is C#Cc1cnc2ccc(-c3cn(C4CCCCO4)nc3I)nc2c1. The van der Waals surface area contributed by atoms with E-state index < -0.39 is 0 Å². The Kier molecular flexibility index (Phi) is 4.21. The molecule has 5 nitrogen and oxygen atoms in total. The highest BCUT2D eigenvalue weighted by Gasteiger charge is 2.19. The molecule has 4 rings (SSSR count). The Morgan fingerprint density at radius 2 is 2.21 bits per heavy atom. The predicted octanol–water partition coefficient (Wildman–Crippen LogP) is 3.78. The fourth-order valence-corrected chi connectivity index (χ4v) is 3.52. The number of nitrogens with zero attached hydrogens (tertiary/aromatic N) is 4. The summed E-state index contributed by atoms with van der Waals surface area (Å²) in [4.78, 5) is 9.06. The first-order valence-electron chi connectivity index (χ1n) is 7.84. The van der Waals surface area contributed by atoms with E-state index in [4.69, 9.17) is 16.1 Å². The standard InChI is InChI=1S/C18H15IN4O/c1-2-12-9-16-15(20-10-12)7-6-14(21-16)13-11-23(22-18(13)19)17-5-3-4-8-24-17/h1,6-7,9-11,17H,3-5,8H2. The lowest BCUT2D eigenvalue weighted by molar-refractivity contribution is -0.0396. The van der Waals surface area contributed by atoms with Crippen molar-refractivity contribution in [3.8, 4) is 23.6 Å². The minimum atomic E-state index is 0.0242. The molecule has 1 atom stereocenters. The molecule has 0 saturated carbocycles.